The smallest absolute Gasteiger partial charge is 0.341 e. The van der Waals surface area contributed by atoms with Crippen LogP contribution in [0.1, 0.15) is 29.1 Å². The van der Waals surface area contributed by atoms with E-state index in [0.29, 0.717) is 22.9 Å². The van der Waals surface area contributed by atoms with Crippen molar-refractivity contribution in [2.45, 2.75) is 20.8 Å². The summed E-state index contributed by atoms with van der Waals surface area (Å²) in [6, 6.07) is 16.6. The van der Waals surface area contributed by atoms with Crippen molar-refractivity contribution in [3.05, 3.63) is 65.0 Å². The highest BCUT2D eigenvalue weighted by Gasteiger charge is 2.25. The van der Waals surface area contributed by atoms with Crippen LogP contribution in [0, 0.1) is 6.92 Å². The van der Waals surface area contributed by atoms with Gasteiger partial charge in [-0.05, 0) is 50.6 Å². The molecule has 0 aliphatic heterocycles. The average molecular weight is 440 g/mol. The van der Waals surface area contributed by atoms with Crippen molar-refractivity contribution in [3.8, 4) is 22.6 Å². The minimum atomic E-state index is -0.464. The molecule has 0 fully saturated rings. The molecule has 31 heavy (non-hydrogen) atoms. The van der Waals surface area contributed by atoms with Gasteiger partial charge in [0.2, 0.25) is 0 Å². The van der Waals surface area contributed by atoms with E-state index in [2.05, 4.69) is 5.32 Å². The topological polar surface area (TPSA) is 73.9 Å². The Morgan fingerprint density at radius 3 is 2.16 bits per heavy atom. The predicted octanol–water partition coefficient (Wildman–Crippen LogP) is 5.32. The minimum Gasteiger partial charge on any atom is -0.494 e. The van der Waals surface area contributed by atoms with E-state index in [-0.39, 0.29) is 19.1 Å². The summed E-state index contributed by atoms with van der Waals surface area (Å²) in [7, 11) is 0. The Balaban J connectivity index is 1.77. The monoisotopic (exact) mass is 439 g/mol. The van der Waals surface area contributed by atoms with E-state index >= 15 is 0 Å². The molecule has 7 heteroatoms. The third-order valence-corrected chi connectivity index (χ3v) is 5.40. The van der Waals surface area contributed by atoms with Gasteiger partial charge in [-0.25, -0.2) is 4.79 Å². The zero-order valence-corrected chi connectivity index (χ0v) is 18.6. The highest BCUT2D eigenvalue weighted by Crippen LogP contribution is 2.40. The van der Waals surface area contributed by atoms with Gasteiger partial charge < -0.3 is 19.5 Å². The Bertz CT molecular complexity index is 1030. The molecular weight excluding hydrogens is 414 g/mol. The van der Waals surface area contributed by atoms with Crippen molar-refractivity contribution in [1.82, 2.24) is 0 Å². The molecular formula is C24H25NO5S. The molecule has 6 nitrogen and oxygen atoms in total. The Hall–Kier alpha value is -3.32. The Kier molecular flexibility index (Phi) is 7.67. The average Bonchev–Trinajstić information content (AvgIpc) is 3.09. The zero-order valence-electron chi connectivity index (χ0n) is 17.8. The highest BCUT2D eigenvalue weighted by molar-refractivity contribution is 7.17. The largest absolute Gasteiger partial charge is 0.494 e. The second-order valence-electron chi connectivity index (χ2n) is 6.57. The molecule has 1 aromatic heterocycles. The first-order valence-corrected chi connectivity index (χ1v) is 10.9. The first kappa shape index (κ1) is 22.4. The Morgan fingerprint density at radius 1 is 0.903 bits per heavy atom. The summed E-state index contributed by atoms with van der Waals surface area (Å²) >= 11 is 1.34. The highest BCUT2D eigenvalue weighted by atomic mass is 32.1. The number of esters is 1. The first-order chi connectivity index (χ1) is 15.0. The molecule has 1 heterocycles. The molecule has 0 spiro atoms. The van der Waals surface area contributed by atoms with E-state index in [1.54, 1.807) is 31.2 Å². The van der Waals surface area contributed by atoms with Crippen LogP contribution in [0.4, 0.5) is 5.00 Å². The van der Waals surface area contributed by atoms with E-state index in [1.165, 1.54) is 11.3 Å². The maximum absolute atomic E-state index is 12.7. The van der Waals surface area contributed by atoms with Gasteiger partial charge in [0.05, 0.1) is 13.2 Å². The summed E-state index contributed by atoms with van der Waals surface area (Å²) in [6.07, 6.45) is 0. The van der Waals surface area contributed by atoms with Gasteiger partial charge in [0.15, 0.2) is 6.61 Å². The van der Waals surface area contributed by atoms with Gasteiger partial charge in [-0.15, -0.1) is 11.3 Å². The maximum atomic E-state index is 12.7. The van der Waals surface area contributed by atoms with Crippen LogP contribution in [0.3, 0.4) is 0 Å². The lowest BCUT2D eigenvalue weighted by Gasteiger charge is -2.10. The molecule has 0 aliphatic carbocycles. The molecule has 3 aromatic rings. The fourth-order valence-corrected chi connectivity index (χ4v) is 4.17. The summed E-state index contributed by atoms with van der Waals surface area (Å²) in [4.78, 5) is 26.2. The molecule has 0 atom stereocenters. The van der Waals surface area contributed by atoms with Gasteiger partial charge >= 0.3 is 5.97 Å². The van der Waals surface area contributed by atoms with E-state index in [0.717, 1.165) is 21.8 Å². The summed E-state index contributed by atoms with van der Waals surface area (Å²) in [5.41, 5.74) is 2.03. The number of ether oxygens (including phenoxy) is 3. The van der Waals surface area contributed by atoms with Gasteiger partial charge in [-0.1, -0.05) is 30.3 Å². The Morgan fingerprint density at radius 2 is 1.55 bits per heavy atom. The number of benzene rings is 2. The standard InChI is InChI=1S/C24H25NO5S/c1-4-28-18-11-13-19(14-12-18)30-15-20(26)25-23-22(24(27)29-5-2)21(16(3)31-23)17-9-7-6-8-10-17/h6-14H,4-5,15H2,1-3H3,(H,25,26). The Labute approximate surface area is 185 Å². The quantitative estimate of drug-likeness (QED) is 0.457. The number of nitrogens with one attached hydrogen (secondary N) is 1. The first-order valence-electron chi connectivity index (χ1n) is 10.0. The zero-order chi connectivity index (χ0) is 22.2. The lowest BCUT2D eigenvalue weighted by atomic mass is 10.0. The van der Waals surface area contributed by atoms with Crippen LogP contribution in [0.5, 0.6) is 11.5 Å². The minimum absolute atomic E-state index is 0.187. The second kappa shape index (κ2) is 10.6. The van der Waals surface area contributed by atoms with Gasteiger partial charge in [-0.2, -0.15) is 0 Å². The van der Waals surface area contributed by atoms with Crippen molar-refractivity contribution in [1.29, 1.82) is 0 Å². The molecule has 0 saturated carbocycles. The molecule has 0 unspecified atom stereocenters. The molecule has 0 radical (unpaired) electrons. The van der Waals surface area contributed by atoms with Gasteiger partial charge in [0.25, 0.3) is 5.91 Å². The SMILES string of the molecule is CCOC(=O)c1c(NC(=O)COc2ccc(OCC)cc2)sc(C)c1-c1ccccc1. The van der Waals surface area contributed by atoms with Gasteiger partial charge in [0.1, 0.15) is 22.1 Å². The summed E-state index contributed by atoms with van der Waals surface area (Å²) in [5, 5.41) is 3.27. The normalized spacial score (nSPS) is 10.4. The van der Waals surface area contributed by atoms with Crippen LogP contribution in [0.15, 0.2) is 54.6 Å². The molecule has 0 bridgehead atoms. The molecule has 1 amide bonds. The van der Waals surface area contributed by atoms with Crippen LogP contribution >= 0.6 is 11.3 Å². The second-order valence-corrected chi connectivity index (χ2v) is 7.79. The van der Waals surface area contributed by atoms with Crippen molar-refractivity contribution in [2.75, 3.05) is 25.1 Å². The lowest BCUT2D eigenvalue weighted by Crippen LogP contribution is -2.21. The number of thiophene rings is 1. The van der Waals surface area contributed by atoms with E-state index < -0.39 is 5.97 Å². The van der Waals surface area contributed by atoms with E-state index in [9.17, 15) is 9.59 Å². The number of carbonyl (C=O) groups excluding carboxylic acids is 2. The van der Waals surface area contributed by atoms with Gasteiger partial charge in [-0.3, -0.25) is 4.79 Å². The summed E-state index contributed by atoms with van der Waals surface area (Å²) in [5.74, 6) is 0.464. The van der Waals surface area contributed by atoms with Crippen LogP contribution in [0.2, 0.25) is 0 Å². The number of anilines is 1. The fourth-order valence-electron chi connectivity index (χ4n) is 3.09. The third-order valence-electron chi connectivity index (χ3n) is 4.38. The fraction of sp³-hybridized carbons (Fsp3) is 0.250. The van der Waals surface area contributed by atoms with Crippen LogP contribution in [0.25, 0.3) is 11.1 Å². The number of hydrogen-bond donors (Lipinski definition) is 1. The number of amides is 1. The summed E-state index contributed by atoms with van der Waals surface area (Å²) in [6.45, 7) is 6.22. The van der Waals surface area contributed by atoms with Crippen LogP contribution in [-0.2, 0) is 9.53 Å². The van der Waals surface area contributed by atoms with E-state index in [1.807, 2.05) is 44.2 Å². The molecule has 0 aliphatic rings. The van der Waals surface area contributed by atoms with Crippen LogP contribution in [-0.4, -0.2) is 31.7 Å². The van der Waals surface area contributed by atoms with Crippen LogP contribution < -0.4 is 14.8 Å². The van der Waals surface area contributed by atoms with Crippen molar-refractivity contribution in [2.24, 2.45) is 0 Å². The molecule has 2 aromatic carbocycles. The number of carbonyl (C=O) groups is 2. The molecule has 0 saturated heterocycles. The maximum Gasteiger partial charge on any atom is 0.341 e. The van der Waals surface area contributed by atoms with Crippen molar-refractivity contribution in [3.63, 3.8) is 0 Å². The van der Waals surface area contributed by atoms with Crippen molar-refractivity contribution >= 4 is 28.2 Å². The predicted molar refractivity (Wildman–Crippen MR) is 122 cm³/mol. The molecule has 162 valence electrons. The molecule has 1 N–H and O–H groups in total. The number of rotatable bonds is 9. The lowest BCUT2D eigenvalue weighted by molar-refractivity contribution is -0.118. The number of hydrogen-bond acceptors (Lipinski definition) is 6. The number of aryl methyl sites for hydroxylation is 1. The van der Waals surface area contributed by atoms with Crippen molar-refractivity contribution < 1.29 is 23.8 Å². The van der Waals surface area contributed by atoms with Gasteiger partial charge in [0, 0.05) is 10.4 Å². The third kappa shape index (κ3) is 5.64. The summed E-state index contributed by atoms with van der Waals surface area (Å²) < 4.78 is 16.2. The molecule has 3 rings (SSSR count). The van der Waals surface area contributed by atoms with E-state index in [4.69, 9.17) is 14.2 Å².